The zero-order valence-electron chi connectivity index (χ0n) is 15.0. The topological polar surface area (TPSA) is 59.1 Å². The monoisotopic (exact) mass is 356 g/mol. The molecule has 134 valence electrons. The molecule has 1 aromatic heterocycles. The molecule has 4 aromatic rings. The first-order valence-electron chi connectivity index (χ1n) is 8.77. The van der Waals surface area contributed by atoms with Crippen LogP contribution in [-0.4, -0.2) is 17.1 Å². The van der Waals surface area contributed by atoms with Gasteiger partial charge in [-0.25, -0.2) is 4.98 Å². The number of ether oxygens (including phenoxy) is 1. The number of nitrogens with zero attached hydrogens (tertiary/aromatic N) is 2. The van der Waals surface area contributed by atoms with Crippen LogP contribution in [0.2, 0.25) is 0 Å². The summed E-state index contributed by atoms with van der Waals surface area (Å²) in [5.41, 5.74) is 2.99. The summed E-state index contributed by atoms with van der Waals surface area (Å²) in [7, 11) is 1.67. The molecule has 0 aliphatic heterocycles. The van der Waals surface area contributed by atoms with Crippen molar-refractivity contribution in [2.45, 2.75) is 6.54 Å². The van der Waals surface area contributed by atoms with E-state index in [9.17, 15) is 0 Å². The van der Waals surface area contributed by atoms with Crippen LogP contribution in [-0.2, 0) is 6.54 Å². The average Bonchev–Trinajstić information content (AvgIpc) is 2.73. The third kappa shape index (κ3) is 3.98. The lowest BCUT2D eigenvalue weighted by atomic mass is 10.2. The van der Waals surface area contributed by atoms with E-state index in [2.05, 4.69) is 20.6 Å². The van der Waals surface area contributed by atoms with Crippen LogP contribution in [0.15, 0.2) is 78.9 Å². The molecule has 5 heteroatoms. The number of aromatic nitrogens is 2. The molecular formula is C22H20N4O. The molecule has 0 radical (unpaired) electrons. The Bertz CT molecular complexity index is 1030. The maximum absolute atomic E-state index is 5.21. The standard InChI is InChI=1S/C22H20N4O/c1-27-18-13-11-16(12-14-18)15-23-21-19-9-5-6-10-20(19)25-22(26-21)24-17-7-3-2-4-8-17/h2-14H,15H2,1H3,(H2,23,24,25,26). The highest BCUT2D eigenvalue weighted by atomic mass is 16.5. The lowest BCUT2D eigenvalue weighted by Crippen LogP contribution is -2.05. The van der Waals surface area contributed by atoms with Gasteiger partial charge in [0.1, 0.15) is 11.6 Å². The first-order valence-corrected chi connectivity index (χ1v) is 8.77. The van der Waals surface area contributed by atoms with Crippen molar-refractivity contribution in [3.63, 3.8) is 0 Å². The van der Waals surface area contributed by atoms with Gasteiger partial charge in [-0.1, -0.05) is 42.5 Å². The van der Waals surface area contributed by atoms with Gasteiger partial charge in [0.25, 0.3) is 0 Å². The highest BCUT2D eigenvalue weighted by molar-refractivity contribution is 5.90. The Kier molecular flexibility index (Phi) is 4.83. The maximum Gasteiger partial charge on any atom is 0.229 e. The maximum atomic E-state index is 5.21. The van der Waals surface area contributed by atoms with Crippen LogP contribution in [0.4, 0.5) is 17.5 Å². The van der Waals surface area contributed by atoms with E-state index < -0.39 is 0 Å². The van der Waals surface area contributed by atoms with E-state index in [1.807, 2.05) is 78.9 Å². The van der Waals surface area contributed by atoms with Crippen molar-refractivity contribution in [3.05, 3.63) is 84.4 Å². The fraction of sp³-hybridized carbons (Fsp3) is 0.0909. The van der Waals surface area contributed by atoms with Crippen molar-refractivity contribution >= 4 is 28.4 Å². The Labute approximate surface area is 158 Å². The number of methoxy groups -OCH3 is 1. The third-order valence-electron chi connectivity index (χ3n) is 4.25. The van der Waals surface area contributed by atoms with Crippen LogP contribution in [0, 0.1) is 0 Å². The van der Waals surface area contributed by atoms with Gasteiger partial charge in [0.15, 0.2) is 0 Å². The van der Waals surface area contributed by atoms with Crippen LogP contribution in [0.5, 0.6) is 5.75 Å². The van der Waals surface area contributed by atoms with E-state index in [1.54, 1.807) is 7.11 Å². The second-order valence-corrected chi connectivity index (χ2v) is 6.11. The van der Waals surface area contributed by atoms with Gasteiger partial charge in [-0.2, -0.15) is 4.98 Å². The minimum atomic E-state index is 0.567. The largest absolute Gasteiger partial charge is 0.497 e. The molecule has 3 aromatic carbocycles. The zero-order valence-corrected chi connectivity index (χ0v) is 15.0. The number of benzene rings is 3. The first kappa shape index (κ1) is 16.8. The Balaban J connectivity index is 1.61. The van der Waals surface area contributed by atoms with Crippen molar-refractivity contribution in [1.82, 2.24) is 9.97 Å². The molecule has 0 unspecified atom stereocenters. The number of nitrogens with one attached hydrogen (secondary N) is 2. The second kappa shape index (κ2) is 7.74. The molecule has 0 aliphatic carbocycles. The molecule has 27 heavy (non-hydrogen) atoms. The Hall–Kier alpha value is -3.60. The molecular weight excluding hydrogens is 336 g/mol. The lowest BCUT2D eigenvalue weighted by Gasteiger charge is -2.12. The molecule has 0 fully saturated rings. The minimum Gasteiger partial charge on any atom is -0.497 e. The van der Waals surface area contributed by atoms with Gasteiger partial charge in [0.2, 0.25) is 5.95 Å². The summed E-state index contributed by atoms with van der Waals surface area (Å²) in [6.45, 7) is 0.662. The van der Waals surface area contributed by atoms with Crippen LogP contribution < -0.4 is 15.4 Å². The predicted molar refractivity (Wildman–Crippen MR) is 110 cm³/mol. The summed E-state index contributed by atoms with van der Waals surface area (Å²) in [6.07, 6.45) is 0. The number of fused-ring (bicyclic) bond motifs is 1. The molecule has 0 aliphatic rings. The number of rotatable bonds is 6. The van der Waals surface area contributed by atoms with Gasteiger partial charge in [-0.15, -0.1) is 0 Å². The summed E-state index contributed by atoms with van der Waals surface area (Å²) in [5.74, 6) is 2.22. The van der Waals surface area contributed by atoms with Crippen molar-refractivity contribution in [2.24, 2.45) is 0 Å². The van der Waals surface area contributed by atoms with E-state index in [-0.39, 0.29) is 0 Å². The van der Waals surface area contributed by atoms with Gasteiger partial charge < -0.3 is 15.4 Å². The molecule has 2 N–H and O–H groups in total. The van der Waals surface area contributed by atoms with E-state index in [0.29, 0.717) is 12.5 Å². The number of anilines is 3. The molecule has 5 nitrogen and oxygen atoms in total. The molecule has 0 spiro atoms. The average molecular weight is 356 g/mol. The van der Waals surface area contributed by atoms with E-state index >= 15 is 0 Å². The van der Waals surface area contributed by atoms with Gasteiger partial charge in [0.05, 0.1) is 12.6 Å². The number of hydrogen-bond acceptors (Lipinski definition) is 5. The summed E-state index contributed by atoms with van der Waals surface area (Å²) in [6, 6.07) is 25.9. The Morgan fingerprint density at radius 2 is 1.56 bits per heavy atom. The predicted octanol–water partition coefficient (Wildman–Crippen LogP) is 4.99. The van der Waals surface area contributed by atoms with Gasteiger partial charge in [0, 0.05) is 17.6 Å². The summed E-state index contributed by atoms with van der Waals surface area (Å²) in [4.78, 5) is 9.32. The van der Waals surface area contributed by atoms with Gasteiger partial charge in [-0.3, -0.25) is 0 Å². The van der Waals surface area contributed by atoms with Gasteiger partial charge in [-0.05, 0) is 42.0 Å². The smallest absolute Gasteiger partial charge is 0.229 e. The fourth-order valence-electron chi connectivity index (χ4n) is 2.85. The summed E-state index contributed by atoms with van der Waals surface area (Å²) in [5, 5.41) is 7.70. The van der Waals surface area contributed by atoms with Crippen LogP contribution in [0.25, 0.3) is 10.9 Å². The highest BCUT2D eigenvalue weighted by Crippen LogP contribution is 2.24. The Morgan fingerprint density at radius 3 is 2.33 bits per heavy atom. The van der Waals surface area contributed by atoms with Crippen molar-refractivity contribution in [1.29, 1.82) is 0 Å². The fourth-order valence-corrected chi connectivity index (χ4v) is 2.85. The summed E-state index contributed by atoms with van der Waals surface area (Å²) >= 11 is 0. The highest BCUT2D eigenvalue weighted by Gasteiger charge is 2.08. The quantitative estimate of drug-likeness (QED) is 0.509. The van der Waals surface area contributed by atoms with Crippen molar-refractivity contribution in [3.8, 4) is 5.75 Å². The number of para-hydroxylation sites is 2. The summed E-state index contributed by atoms with van der Waals surface area (Å²) < 4.78 is 5.21. The Morgan fingerprint density at radius 1 is 0.815 bits per heavy atom. The molecule has 4 rings (SSSR count). The molecule has 0 saturated heterocycles. The third-order valence-corrected chi connectivity index (χ3v) is 4.25. The minimum absolute atomic E-state index is 0.567. The lowest BCUT2D eigenvalue weighted by molar-refractivity contribution is 0.414. The van der Waals surface area contributed by atoms with Crippen molar-refractivity contribution in [2.75, 3.05) is 17.7 Å². The zero-order chi connectivity index (χ0) is 18.5. The number of hydrogen-bond donors (Lipinski definition) is 2. The molecule has 1 heterocycles. The van der Waals surface area contributed by atoms with E-state index in [4.69, 9.17) is 4.74 Å². The van der Waals surface area contributed by atoms with E-state index in [1.165, 1.54) is 0 Å². The molecule has 0 saturated carbocycles. The molecule has 0 bridgehead atoms. The van der Waals surface area contributed by atoms with Gasteiger partial charge >= 0.3 is 0 Å². The van der Waals surface area contributed by atoms with E-state index in [0.717, 1.165) is 33.7 Å². The van der Waals surface area contributed by atoms with Crippen LogP contribution >= 0.6 is 0 Å². The first-order chi connectivity index (χ1) is 13.3. The normalized spacial score (nSPS) is 10.6. The van der Waals surface area contributed by atoms with Crippen molar-refractivity contribution < 1.29 is 4.74 Å². The second-order valence-electron chi connectivity index (χ2n) is 6.11. The SMILES string of the molecule is COc1ccc(CNc2nc(Nc3ccccc3)nc3ccccc23)cc1. The van der Waals surface area contributed by atoms with Crippen LogP contribution in [0.1, 0.15) is 5.56 Å². The molecule has 0 atom stereocenters. The molecule has 0 amide bonds. The van der Waals surface area contributed by atoms with Crippen LogP contribution in [0.3, 0.4) is 0 Å².